The van der Waals surface area contributed by atoms with Gasteiger partial charge >= 0.3 is 13.8 Å². The third-order valence-electron chi connectivity index (χ3n) is 13.2. The predicted molar refractivity (Wildman–Crippen MR) is 280 cm³/mol. The van der Waals surface area contributed by atoms with Gasteiger partial charge in [-0.05, 0) is 12.8 Å². The van der Waals surface area contributed by atoms with Gasteiger partial charge in [-0.15, -0.1) is 0 Å². The summed E-state index contributed by atoms with van der Waals surface area (Å²) in [4.78, 5) is 23.0. The Morgan fingerprint density at radius 3 is 1.02 bits per heavy atom. The highest BCUT2D eigenvalue weighted by molar-refractivity contribution is 7.47. The van der Waals surface area contributed by atoms with Gasteiger partial charge in [-0.1, -0.05) is 277 Å². The number of carbonyl (C=O) groups is 1. The van der Waals surface area contributed by atoms with Gasteiger partial charge in [0, 0.05) is 13.0 Å². The second-order valence-corrected chi connectivity index (χ2v) is 22.5. The van der Waals surface area contributed by atoms with Gasteiger partial charge in [0.15, 0.2) is 0 Å². The first-order chi connectivity index (χ1) is 31.6. The monoisotopic (exact) mass is 945 g/mol. The Kier molecular flexibility index (Phi) is 49.5. The van der Waals surface area contributed by atoms with Gasteiger partial charge in [0.05, 0.1) is 34.4 Å². The SMILES string of the molecule is CCCCCCCCCCCCCCCCCCCCCCCCCCCCOCC(COP(=O)(O)OCC[N+](C)(C)C)OC(=O)CCCCCCCCCCCCCCCCCCC. The molecule has 0 saturated heterocycles. The molecule has 8 nitrogen and oxygen atoms in total. The van der Waals surface area contributed by atoms with Crippen LogP contribution >= 0.6 is 7.82 Å². The molecule has 0 heterocycles. The number of phosphoric acid groups is 1. The molecule has 0 aromatic heterocycles. The van der Waals surface area contributed by atoms with Crippen molar-refractivity contribution in [2.24, 2.45) is 0 Å². The Morgan fingerprint density at radius 2 is 0.708 bits per heavy atom. The van der Waals surface area contributed by atoms with E-state index in [1.54, 1.807) is 0 Å². The van der Waals surface area contributed by atoms with E-state index in [-0.39, 0.29) is 25.8 Å². The van der Waals surface area contributed by atoms with Crippen molar-refractivity contribution in [3.8, 4) is 0 Å². The lowest BCUT2D eigenvalue weighted by Gasteiger charge is -2.24. The zero-order chi connectivity index (χ0) is 47.6. The molecule has 1 N–H and O–H groups in total. The summed E-state index contributed by atoms with van der Waals surface area (Å²) < 4.78 is 35.3. The average Bonchev–Trinajstić information content (AvgIpc) is 3.27. The second kappa shape index (κ2) is 49.9. The first kappa shape index (κ1) is 64.5. The fourth-order valence-electron chi connectivity index (χ4n) is 8.73. The van der Waals surface area contributed by atoms with Gasteiger partial charge in [0.1, 0.15) is 19.3 Å². The van der Waals surface area contributed by atoms with E-state index >= 15 is 0 Å². The van der Waals surface area contributed by atoms with Gasteiger partial charge in [-0.3, -0.25) is 13.8 Å². The summed E-state index contributed by atoms with van der Waals surface area (Å²) in [7, 11) is 1.69. The van der Waals surface area contributed by atoms with Crippen LogP contribution in [0.1, 0.15) is 296 Å². The molecule has 0 aliphatic carbocycles. The van der Waals surface area contributed by atoms with Crippen LogP contribution in [0.3, 0.4) is 0 Å². The minimum Gasteiger partial charge on any atom is -0.457 e. The number of esters is 1. The molecule has 0 rings (SSSR count). The number of carbonyl (C=O) groups excluding carboxylic acids is 1. The Bertz CT molecular complexity index is 1010. The van der Waals surface area contributed by atoms with Crippen molar-refractivity contribution in [2.45, 2.75) is 302 Å². The van der Waals surface area contributed by atoms with E-state index in [1.165, 1.54) is 244 Å². The first-order valence-electron chi connectivity index (χ1n) is 28.8. The largest absolute Gasteiger partial charge is 0.472 e. The first-order valence-corrected chi connectivity index (χ1v) is 30.3. The summed E-state index contributed by atoms with van der Waals surface area (Å²) in [5.41, 5.74) is 0. The lowest BCUT2D eigenvalue weighted by Crippen LogP contribution is -2.37. The van der Waals surface area contributed by atoms with Crippen molar-refractivity contribution >= 4 is 13.8 Å². The van der Waals surface area contributed by atoms with E-state index in [1.807, 2.05) is 21.1 Å². The maximum atomic E-state index is 12.8. The van der Waals surface area contributed by atoms with Crippen molar-refractivity contribution in [2.75, 3.05) is 54.1 Å². The molecule has 2 atom stereocenters. The highest BCUT2D eigenvalue weighted by Crippen LogP contribution is 2.43. The number of ether oxygens (including phenoxy) is 2. The van der Waals surface area contributed by atoms with Gasteiger partial charge in [0.2, 0.25) is 0 Å². The van der Waals surface area contributed by atoms with E-state index in [0.29, 0.717) is 24.1 Å². The summed E-state index contributed by atoms with van der Waals surface area (Å²) in [6.45, 7) is 5.72. The number of phosphoric ester groups is 1. The number of quaternary nitrogens is 1. The van der Waals surface area contributed by atoms with Gasteiger partial charge in [0.25, 0.3) is 0 Å². The Balaban J connectivity index is 3.97. The fraction of sp³-hybridized carbons (Fsp3) is 0.982. The molecule has 390 valence electrons. The van der Waals surface area contributed by atoms with E-state index < -0.39 is 13.9 Å². The second-order valence-electron chi connectivity index (χ2n) is 21.0. The van der Waals surface area contributed by atoms with Crippen LogP contribution in [-0.2, 0) is 27.9 Å². The number of unbranched alkanes of at least 4 members (excludes halogenated alkanes) is 41. The molecule has 9 heteroatoms. The lowest BCUT2D eigenvalue weighted by molar-refractivity contribution is -0.870. The van der Waals surface area contributed by atoms with Crippen LogP contribution in [0.15, 0.2) is 0 Å². The summed E-state index contributed by atoms with van der Waals surface area (Å²) in [5.74, 6) is -0.304. The molecule has 0 aliphatic heterocycles. The maximum absolute atomic E-state index is 12.8. The van der Waals surface area contributed by atoms with Crippen LogP contribution in [0.5, 0.6) is 0 Å². The summed E-state index contributed by atoms with van der Waals surface area (Å²) in [6, 6.07) is 0. The van der Waals surface area contributed by atoms with E-state index in [2.05, 4.69) is 13.8 Å². The molecular weight excluding hydrogens is 830 g/mol. The smallest absolute Gasteiger partial charge is 0.457 e. The van der Waals surface area contributed by atoms with Crippen molar-refractivity contribution in [1.29, 1.82) is 0 Å². The Labute approximate surface area is 406 Å². The van der Waals surface area contributed by atoms with Crippen molar-refractivity contribution < 1.29 is 37.3 Å². The van der Waals surface area contributed by atoms with Crippen LogP contribution < -0.4 is 0 Å². The van der Waals surface area contributed by atoms with Crippen LogP contribution in [0.25, 0.3) is 0 Å². The Morgan fingerprint density at radius 1 is 0.415 bits per heavy atom. The molecule has 0 amide bonds. The van der Waals surface area contributed by atoms with Gasteiger partial charge in [-0.25, -0.2) is 4.57 Å². The molecule has 0 spiro atoms. The average molecular weight is 946 g/mol. The van der Waals surface area contributed by atoms with Crippen LogP contribution in [0, 0.1) is 0 Å². The quantitative estimate of drug-likeness (QED) is 0.0281. The zero-order valence-electron chi connectivity index (χ0n) is 44.5. The highest BCUT2D eigenvalue weighted by atomic mass is 31.2. The van der Waals surface area contributed by atoms with E-state index in [9.17, 15) is 14.3 Å². The normalized spacial score (nSPS) is 13.4. The van der Waals surface area contributed by atoms with Gasteiger partial charge < -0.3 is 18.9 Å². The lowest BCUT2D eigenvalue weighted by atomic mass is 10.0. The van der Waals surface area contributed by atoms with E-state index in [0.717, 1.165) is 32.1 Å². The number of nitrogens with zero attached hydrogens (tertiary/aromatic N) is 1. The van der Waals surface area contributed by atoms with Crippen LogP contribution in [-0.4, -0.2) is 75.6 Å². The topological polar surface area (TPSA) is 91.3 Å². The van der Waals surface area contributed by atoms with Crippen LogP contribution in [0.4, 0.5) is 0 Å². The zero-order valence-corrected chi connectivity index (χ0v) is 45.4. The van der Waals surface area contributed by atoms with Crippen LogP contribution in [0.2, 0.25) is 0 Å². The highest BCUT2D eigenvalue weighted by Gasteiger charge is 2.26. The summed E-state index contributed by atoms with van der Waals surface area (Å²) >= 11 is 0. The standard InChI is InChI=1S/C56H114NO7P/c1-6-8-10-12-14-16-18-20-22-24-25-26-27-28-29-30-31-32-34-36-38-40-42-44-46-48-51-61-53-55(54-63-65(59,60)62-52-50-57(3,4)5)64-56(58)49-47-45-43-41-39-37-35-33-23-21-19-17-15-13-11-9-7-2/h55H,6-54H2,1-5H3/p+1. The molecule has 0 aliphatic rings. The minimum absolute atomic E-state index is 0.0944. The third kappa shape index (κ3) is 54.3. The minimum atomic E-state index is -4.27. The van der Waals surface area contributed by atoms with E-state index in [4.69, 9.17) is 18.5 Å². The maximum Gasteiger partial charge on any atom is 0.472 e. The molecule has 0 radical (unpaired) electrons. The third-order valence-corrected chi connectivity index (χ3v) is 14.2. The molecule has 0 fully saturated rings. The van der Waals surface area contributed by atoms with Gasteiger partial charge in [-0.2, -0.15) is 0 Å². The molecule has 2 unspecified atom stereocenters. The van der Waals surface area contributed by atoms with Crippen molar-refractivity contribution in [3.05, 3.63) is 0 Å². The molecule has 0 aromatic rings. The number of hydrogen-bond acceptors (Lipinski definition) is 6. The Hall–Kier alpha value is -0.500. The molecule has 0 aromatic carbocycles. The number of hydrogen-bond donors (Lipinski definition) is 1. The predicted octanol–water partition coefficient (Wildman–Crippen LogP) is 18.0. The molecule has 65 heavy (non-hydrogen) atoms. The van der Waals surface area contributed by atoms with Crippen molar-refractivity contribution in [1.82, 2.24) is 0 Å². The molecule has 0 bridgehead atoms. The fourth-order valence-corrected chi connectivity index (χ4v) is 9.48. The number of likely N-dealkylation sites (N-methyl/N-ethyl adjacent to an activating group) is 1. The molecular formula is C56H115NO7P+. The van der Waals surface area contributed by atoms with Crippen molar-refractivity contribution in [3.63, 3.8) is 0 Å². The summed E-state index contributed by atoms with van der Waals surface area (Å²) in [6.07, 6.45) is 57.4. The molecule has 0 saturated carbocycles. The number of rotatable bonds is 55. The summed E-state index contributed by atoms with van der Waals surface area (Å²) in [5, 5.41) is 0.